The van der Waals surface area contributed by atoms with Crippen molar-refractivity contribution in [1.29, 1.82) is 0 Å². The van der Waals surface area contributed by atoms with E-state index in [1.165, 1.54) is 12.1 Å². The lowest BCUT2D eigenvalue weighted by Crippen LogP contribution is -2.28. The third kappa shape index (κ3) is 2.47. The van der Waals surface area contributed by atoms with Crippen LogP contribution in [0.1, 0.15) is 6.92 Å². The SMILES string of the molecule is CC1CSCC1Nc1nc[nH]c(=O)c1I. The summed E-state index contributed by atoms with van der Waals surface area (Å²) in [5.41, 5.74) is -0.0774. The van der Waals surface area contributed by atoms with E-state index in [-0.39, 0.29) is 5.56 Å². The molecule has 0 saturated carbocycles. The fourth-order valence-corrected chi connectivity index (χ4v) is 3.36. The van der Waals surface area contributed by atoms with E-state index in [2.05, 4.69) is 22.2 Å². The van der Waals surface area contributed by atoms with Gasteiger partial charge in [-0.05, 0) is 34.3 Å². The molecule has 1 aromatic rings. The third-order valence-corrected chi connectivity index (χ3v) is 4.84. The molecule has 4 nitrogen and oxygen atoms in total. The van der Waals surface area contributed by atoms with E-state index in [1.54, 1.807) is 0 Å². The smallest absolute Gasteiger partial charge is 0.266 e. The van der Waals surface area contributed by atoms with Crippen molar-refractivity contribution in [2.75, 3.05) is 16.8 Å². The zero-order chi connectivity index (χ0) is 10.8. The van der Waals surface area contributed by atoms with Gasteiger partial charge in [0.25, 0.3) is 5.56 Å². The lowest BCUT2D eigenvalue weighted by Gasteiger charge is -2.17. The fourth-order valence-electron chi connectivity index (χ4n) is 1.50. The molecule has 1 aromatic heterocycles. The van der Waals surface area contributed by atoms with Crippen LogP contribution in [0.5, 0.6) is 0 Å². The minimum atomic E-state index is -0.0774. The Balaban J connectivity index is 2.17. The van der Waals surface area contributed by atoms with Crippen molar-refractivity contribution in [3.63, 3.8) is 0 Å². The van der Waals surface area contributed by atoms with Crippen LogP contribution in [0.4, 0.5) is 5.82 Å². The molecular weight excluding hydrogens is 325 g/mol. The first kappa shape index (κ1) is 11.3. The number of rotatable bonds is 2. The summed E-state index contributed by atoms with van der Waals surface area (Å²) >= 11 is 3.96. The molecule has 0 amide bonds. The lowest BCUT2D eigenvalue weighted by atomic mass is 10.1. The van der Waals surface area contributed by atoms with E-state index in [0.717, 1.165) is 5.75 Å². The number of aromatic amines is 1. The van der Waals surface area contributed by atoms with Gasteiger partial charge in [-0.3, -0.25) is 4.79 Å². The van der Waals surface area contributed by atoms with Gasteiger partial charge >= 0.3 is 0 Å². The van der Waals surface area contributed by atoms with E-state index in [4.69, 9.17) is 0 Å². The highest BCUT2D eigenvalue weighted by molar-refractivity contribution is 14.1. The van der Waals surface area contributed by atoms with Gasteiger partial charge < -0.3 is 10.3 Å². The second-order valence-electron chi connectivity index (χ2n) is 3.66. The molecule has 1 aliphatic rings. The molecule has 1 saturated heterocycles. The topological polar surface area (TPSA) is 57.8 Å². The number of halogens is 1. The maximum Gasteiger partial charge on any atom is 0.266 e. The Labute approximate surface area is 106 Å². The van der Waals surface area contributed by atoms with E-state index in [9.17, 15) is 4.79 Å². The Morgan fingerprint density at radius 3 is 3.13 bits per heavy atom. The van der Waals surface area contributed by atoms with Crippen LogP contribution in [-0.2, 0) is 0 Å². The van der Waals surface area contributed by atoms with Gasteiger partial charge in [0.05, 0.1) is 6.33 Å². The maximum atomic E-state index is 11.3. The average molecular weight is 337 g/mol. The molecule has 2 heterocycles. The maximum absolute atomic E-state index is 11.3. The van der Waals surface area contributed by atoms with Gasteiger partial charge in [-0.25, -0.2) is 4.98 Å². The Bertz CT molecular complexity index is 409. The van der Waals surface area contributed by atoms with Crippen LogP contribution in [0, 0.1) is 9.49 Å². The molecule has 0 spiro atoms. The first-order chi connectivity index (χ1) is 7.18. The Kier molecular flexibility index (Phi) is 3.55. The monoisotopic (exact) mass is 337 g/mol. The summed E-state index contributed by atoms with van der Waals surface area (Å²) in [5, 5.41) is 3.34. The highest BCUT2D eigenvalue weighted by Gasteiger charge is 2.24. The quantitative estimate of drug-likeness (QED) is 0.804. The van der Waals surface area contributed by atoms with Crippen LogP contribution in [0.2, 0.25) is 0 Å². The summed E-state index contributed by atoms with van der Waals surface area (Å²) in [7, 11) is 0. The molecule has 2 rings (SSSR count). The van der Waals surface area contributed by atoms with Crippen LogP contribution in [0.3, 0.4) is 0 Å². The molecule has 0 radical (unpaired) electrons. The molecule has 1 fully saturated rings. The van der Waals surface area contributed by atoms with E-state index < -0.39 is 0 Å². The lowest BCUT2D eigenvalue weighted by molar-refractivity contribution is 0.596. The number of anilines is 1. The second-order valence-corrected chi connectivity index (χ2v) is 5.81. The van der Waals surface area contributed by atoms with Crippen molar-refractivity contribution in [2.45, 2.75) is 13.0 Å². The normalized spacial score (nSPS) is 25.5. The predicted octanol–water partition coefficient (Wildman–Crippen LogP) is 1.54. The zero-order valence-electron chi connectivity index (χ0n) is 8.29. The number of thioether (sulfide) groups is 1. The molecule has 0 bridgehead atoms. The van der Waals surface area contributed by atoms with Crippen molar-refractivity contribution in [1.82, 2.24) is 9.97 Å². The summed E-state index contributed by atoms with van der Waals surface area (Å²) in [6.07, 6.45) is 1.44. The minimum Gasteiger partial charge on any atom is -0.365 e. The molecule has 82 valence electrons. The number of nitrogens with zero attached hydrogens (tertiary/aromatic N) is 1. The number of hydrogen-bond acceptors (Lipinski definition) is 4. The number of hydrogen-bond donors (Lipinski definition) is 2. The van der Waals surface area contributed by atoms with Gasteiger partial charge in [0.15, 0.2) is 0 Å². The summed E-state index contributed by atoms with van der Waals surface area (Å²) in [5.74, 6) is 3.61. The van der Waals surface area contributed by atoms with Crippen molar-refractivity contribution in [2.24, 2.45) is 5.92 Å². The first-order valence-corrected chi connectivity index (χ1v) is 6.99. The molecule has 2 N–H and O–H groups in total. The van der Waals surface area contributed by atoms with Gasteiger partial charge in [0.2, 0.25) is 0 Å². The van der Waals surface area contributed by atoms with Crippen LogP contribution in [0.15, 0.2) is 11.1 Å². The van der Waals surface area contributed by atoms with E-state index >= 15 is 0 Å². The van der Waals surface area contributed by atoms with Gasteiger partial charge in [-0.15, -0.1) is 0 Å². The third-order valence-electron chi connectivity index (χ3n) is 2.48. The molecule has 15 heavy (non-hydrogen) atoms. The fraction of sp³-hybridized carbons (Fsp3) is 0.556. The van der Waals surface area contributed by atoms with Crippen molar-refractivity contribution in [3.05, 3.63) is 20.3 Å². The van der Waals surface area contributed by atoms with Crippen molar-refractivity contribution < 1.29 is 0 Å². The molecule has 6 heteroatoms. The standard InChI is InChI=1S/C9H12IN3OS/c1-5-2-15-3-6(5)13-8-7(10)9(14)12-4-11-8/h4-6H,2-3H2,1H3,(H2,11,12,13,14). The molecular formula is C9H12IN3OS. The highest BCUT2D eigenvalue weighted by atomic mass is 127. The minimum absolute atomic E-state index is 0.0774. The highest BCUT2D eigenvalue weighted by Crippen LogP contribution is 2.26. The number of nitrogens with one attached hydrogen (secondary N) is 2. The second kappa shape index (κ2) is 4.73. The Morgan fingerprint density at radius 1 is 1.67 bits per heavy atom. The van der Waals surface area contributed by atoms with Gasteiger partial charge in [-0.1, -0.05) is 6.92 Å². The largest absolute Gasteiger partial charge is 0.365 e. The van der Waals surface area contributed by atoms with Crippen LogP contribution in [0.25, 0.3) is 0 Å². The molecule has 2 atom stereocenters. The molecule has 0 aliphatic carbocycles. The van der Waals surface area contributed by atoms with Crippen molar-refractivity contribution in [3.8, 4) is 0 Å². The molecule has 0 aromatic carbocycles. The number of aromatic nitrogens is 2. The number of H-pyrrole nitrogens is 1. The average Bonchev–Trinajstić information content (AvgIpc) is 2.60. The van der Waals surface area contributed by atoms with E-state index in [1.807, 2.05) is 34.4 Å². The summed E-state index contributed by atoms with van der Waals surface area (Å²) in [4.78, 5) is 18.1. The van der Waals surface area contributed by atoms with Gasteiger partial charge in [-0.2, -0.15) is 11.8 Å². The van der Waals surface area contributed by atoms with Gasteiger partial charge in [0.1, 0.15) is 9.39 Å². The predicted molar refractivity (Wildman–Crippen MR) is 71.5 cm³/mol. The van der Waals surface area contributed by atoms with Crippen LogP contribution >= 0.6 is 34.4 Å². The molecule has 1 aliphatic heterocycles. The van der Waals surface area contributed by atoms with E-state index in [0.29, 0.717) is 21.3 Å². The molecule has 2 unspecified atom stereocenters. The van der Waals surface area contributed by atoms with Crippen molar-refractivity contribution >= 4 is 40.2 Å². The summed E-state index contributed by atoms with van der Waals surface area (Å²) in [6.45, 7) is 2.22. The summed E-state index contributed by atoms with van der Waals surface area (Å²) < 4.78 is 0.638. The zero-order valence-corrected chi connectivity index (χ0v) is 11.3. The Morgan fingerprint density at radius 2 is 2.47 bits per heavy atom. The first-order valence-electron chi connectivity index (χ1n) is 4.76. The van der Waals surface area contributed by atoms with Crippen LogP contribution in [-0.4, -0.2) is 27.5 Å². The van der Waals surface area contributed by atoms with Gasteiger partial charge in [0, 0.05) is 11.8 Å². The van der Waals surface area contributed by atoms with Crippen LogP contribution < -0.4 is 10.9 Å². The Hall–Kier alpha value is -0.240. The summed E-state index contributed by atoms with van der Waals surface area (Å²) in [6, 6.07) is 0.429.